The molecule has 1 aliphatic carbocycles. The summed E-state index contributed by atoms with van der Waals surface area (Å²) in [6, 6.07) is 13.6. The number of hydrogen-bond donors (Lipinski definition) is 1. The lowest BCUT2D eigenvalue weighted by Crippen LogP contribution is -2.40. The monoisotopic (exact) mass is 461 g/mol. The van der Waals surface area contributed by atoms with Crippen LogP contribution in [0.25, 0.3) is 0 Å². The minimum atomic E-state index is -0.448. The van der Waals surface area contributed by atoms with Crippen molar-refractivity contribution in [3.05, 3.63) is 82.2 Å². The van der Waals surface area contributed by atoms with Gasteiger partial charge in [0.1, 0.15) is 23.9 Å². The standard InChI is InChI=1S/C28H31NO5/c1-5-33-28(31)25-18(3)29-22-7-6-8-23(30)27(22)26(25)19-11-14-24(32-4)20(15-19)16-34-21-12-9-17(2)10-13-21/h7,9-15,26-27,29H,5-6,8,16H2,1-4H3. The summed E-state index contributed by atoms with van der Waals surface area (Å²) in [5.41, 5.74) is 4.93. The molecule has 2 aromatic carbocycles. The summed E-state index contributed by atoms with van der Waals surface area (Å²) >= 11 is 0. The maximum absolute atomic E-state index is 13.1. The number of methoxy groups -OCH3 is 1. The van der Waals surface area contributed by atoms with E-state index in [1.165, 1.54) is 0 Å². The first-order valence-corrected chi connectivity index (χ1v) is 11.7. The van der Waals surface area contributed by atoms with Crippen LogP contribution >= 0.6 is 0 Å². The van der Waals surface area contributed by atoms with Crippen molar-refractivity contribution in [1.82, 2.24) is 5.32 Å². The van der Waals surface area contributed by atoms with Gasteiger partial charge in [0.25, 0.3) is 0 Å². The number of esters is 1. The first kappa shape index (κ1) is 23.6. The number of hydrogen-bond acceptors (Lipinski definition) is 6. The number of ketones is 1. The Morgan fingerprint density at radius 1 is 1.09 bits per heavy atom. The van der Waals surface area contributed by atoms with Crippen molar-refractivity contribution in [3.8, 4) is 11.5 Å². The van der Waals surface area contributed by atoms with E-state index < -0.39 is 17.8 Å². The zero-order valence-electron chi connectivity index (χ0n) is 20.1. The van der Waals surface area contributed by atoms with Crippen molar-refractivity contribution >= 4 is 11.8 Å². The van der Waals surface area contributed by atoms with E-state index in [0.29, 0.717) is 36.5 Å². The van der Waals surface area contributed by atoms with E-state index in [9.17, 15) is 9.59 Å². The van der Waals surface area contributed by atoms with Crippen LogP contribution in [0.15, 0.2) is 65.5 Å². The number of benzene rings is 2. The van der Waals surface area contributed by atoms with E-state index in [-0.39, 0.29) is 12.4 Å². The van der Waals surface area contributed by atoms with Gasteiger partial charge in [0.15, 0.2) is 0 Å². The first-order chi connectivity index (χ1) is 16.4. The van der Waals surface area contributed by atoms with Gasteiger partial charge < -0.3 is 19.5 Å². The number of aryl methyl sites for hydroxylation is 1. The van der Waals surface area contributed by atoms with Crippen molar-refractivity contribution in [2.24, 2.45) is 5.92 Å². The van der Waals surface area contributed by atoms with E-state index in [0.717, 1.165) is 28.1 Å². The minimum absolute atomic E-state index is 0.123. The second-order valence-electron chi connectivity index (χ2n) is 8.68. The average Bonchev–Trinajstić information content (AvgIpc) is 2.83. The summed E-state index contributed by atoms with van der Waals surface area (Å²) < 4.78 is 17.0. The average molecular weight is 462 g/mol. The lowest BCUT2D eigenvalue weighted by molar-refractivity contribution is -0.139. The van der Waals surface area contributed by atoms with Gasteiger partial charge in [-0.2, -0.15) is 0 Å². The van der Waals surface area contributed by atoms with Crippen LogP contribution < -0.4 is 14.8 Å². The van der Waals surface area contributed by atoms with Crippen LogP contribution in [-0.4, -0.2) is 25.5 Å². The molecule has 2 aliphatic rings. The molecule has 0 bridgehead atoms. The number of fused-ring (bicyclic) bond motifs is 1. The second kappa shape index (κ2) is 10.2. The lowest BCUT2D eigenvalue weighted by atomic mass is 9.71. The predicted octanol–water partition coefficient (Wildman–Crippen LogP) is 4.97. The molecular weight excluding hydrogens is 430 g/mol. The molecule has 0 saturated carbocycles. The van der Waals surface area contributed by atoms with Crippen molar-refractivity contribution in [2.75, 3.05) is 13.7 Å². The topological polar surface area (TPSA) is 73.9 Å². The maximum Gasteiger partial charge on any atom is 0.336 e. The molecule has 0 spiro atoms. The molecule has 1 N–H and O–H groups in total. The van der Waals surface area contributed by atoms with E-state index in [1.54, 1.807) is 14.0 Å². The number of ether oxygens (including phenoxy) is 3. The number of rotatable bonds is 7. The van der Waals surface area contributed by atoms with Crippen molar-refractivity contribution in [1.29, 1.82) is 0 Å². The SMILES string of the molecule is CCOC(=O)C1=C(C)NC2=CCCC(=O)C2C1c1ccc(OC)c(COc2ccc(C)cc2)c1. The van der Waals surface area contributed by atoms with Crippen LogP contribution in [0.3, 0.4) is 0 Å². The number of carbonyl (C=O) groups is 2. The molecule has 2 atom stereocenters. The Labute approximate surface area is 200 Å². The highest BCUT2D eigenvalue weighted by Crippen LogP contribution is 2.44. The molecule has 2 aromatic rings. The molecule has 0 amide bonds. The van der Waals surface area contributed by atoms with Gasteiger partial charge in [0.2, 0.25) is 0 Å². The first-order valence-electron chi connectivity index (χ1n) is 11.7. The number of nitrogens with one attached hydrogen (secondary N) is 1. The van der Waals surface area contributed by atoms with Gasteiger partial charge in [0.05, 0.1) is 25.2 Å². The summed E-state index contributed by atoms with van der Waals surface area (Å²) in [5, 5.41) is 3.30. The zero-order chi connectivity index (χ0) is 24.2. The van der Waals surface area contributed by atoms with Crippen molar-refractivity contribution in [3.63, 3.8) is 0 Å². The van der Waals surface area contributed by atoms with Gasteiger partial charge in [-0.05, 0) is 57.0 Å². The predicted molar refractivity (Wildman–Crippen MR) is 130 cm³/mol. The highest BCUT2D eigenvalue weighted by atomic mass is 16.5. The van der Waals surface area contributed by atoms with Crippen LogP contribution in [0.5, 0.6) is 11.5 Å². The fourth-order valence-corrected chi connectivity index (χ4v) is 4.75. The molecule has 0 aromatic heterocycles. The highest BCUT2D eigenvalue weighted by molar-refractivity contribution is 5.96. The Kier molecular flexibility index (Phi) is 7.06. The summed E-state index contributed by atoms with van der Waals surface area (Å²) in [4.78, 5) is 26.1. The molecule has 6 nitrogen and oxygen atoms in total. The molecule has 0 saturated heterocycles. The lowest BCUT2D eigenvalue weighted by Gasteiger charge is -2.38. The molecule has 6 heteroatoms. The fourth-order valence-electron chi connectivity index (χ4n) is 4.75. The molecule has 4 rings (SSSR count). The van der Waals surface area contributed by atoms with Gasteiger partial charge in [-0.15, -0.1) is 0 Å². The van der Waals surface area contributed by atoms with Crippen LogP contribution in [-0.2, 0) is 20.9 Å². The van der Waals surface area contributed by atoms with E-state index >= 15 is 0 Å². The molecular formula is C28H31NO5. The largest absolute Gasteiger partial charge is 0.496 e. The number of allylic oxidation sites excluding steroid dienone is 3. The van der Waals surface area contributed by atoms with Gasteiger partial charge in [0, 0.05) is 29.3 Å². The Bertz CT molecular complexity index is 1150. The summed E-state index contributed by atoms with van der Waals surface area (Å²) in [6.45, 7) is 6.23. The smallest absolute Gasteiger partial charge is 0.336 e. The Morgan fingerprint density at radius 3 is 2.56 bits per heavy atom. The molecule has 2 unspecified atom stereocenters. The Hall–Kier alpha value is -3.54. The molecule has 34 heavy (non-hydrogen) atoms. The van der Waals surface area contributed by atoms with Gasteiger partial charge in [-0.25, -0.2) is 4.79 Å². The van der Waals surface area contributed by atoms with Gasteiger partial charge in [-0.1, -0.05) is 29.8 Å². The zero-order valence-corrected chi connectivity index (χ0v) is 20.1. The summed E-state index contributed by atoms with van der Waals surface area (Å²) in [7, 11) is 1.62. The van der Waals surface area contributed by atoms with Crippen LogP contribution in [0.2, 0.25) is 0 Å². The van der Waals surface area contributed by atoms with Crippen LogP contribution in [0, 0.1) is 12.8 Å². The fraction of sp³-hybridized carbons (Fsp3) is 0.357. The van der Waals surface area contributed by atoms with Crippen molar-refractivity contribution < 1.29 is 23.8 Å². The third-order valence-corrected chi connectivity index (χ3v) is 6.39. The molecule has 0 fully saturated rings. The number of carbonyl (C=O) groups excluding carboxylic acids is 2. The van der Waals surface area contributed by atoms with Crippen molar-refractivity contribution in [2.45, 2.75) is 46.1 Å². The molecule has 0 radical (unpaired) electrons. The molecule has 178 valence electrons. The number of Topliss-reactive ketones (excluding diaryl/α,β-unsaturated/α-hetero) is 1. The quantitative estimate of drug-likeness (QED) is 0.587. The van der Waals surface area contributed by atoms with Gasteiger partial charge in [-0.3, -0.25) is 4.79 Å². The normalized spacial score (nSPS) is 19.6. The third-order valence-electron chi connectivity index (χ3n) is 6.39. The van der Waals surface area contributed by atoms with Crippen LogP contribution in [0.1, 0.15) is 49.3 Å². The molecule has 1 aliphatic heterocycles. The Morgan fingerprint density at radius 2 is 1.85 bits per heavy atom. The summed E-state index contributed by atoms with van der Waals surface area (Å²) in [5.74, 6) is 0.282. The Balaban J connectivity index is 1.75. The second-order valence-corrected chi connectivity index (χ2v) is 8.68. The van der Waals surface area contributed by atoms with Gasteiger partial charge >= 0.3 is 5.97 Å². The highest BCUT2D eigenvalue weighted by Gasteiger charge is 2.43. The minimum Gasteiger partial charge on any atom is -0.496 e. The molecule has 1 heterocycles. The van der Waals surface area contributed by atoms with E-state index in [2.05, 4.69) is 11.4 Å². The van der Waals surface area contributed by atoms with Crippen LogP contribution in [0.4, 0.5) is 0 Å². The van der Waals surface area contributed by atoms with E-state index in [1.807, 2.05) is 56.3 Å². The summed E-state index contributed by atoms with van der Waals surface area (Å²) in [6.07, 6.45) is 3.22. The third kappa shape index (κ3) is 4.72. The van der Waals surface area contributed by atoms with E-state index in [4.69, 9.17) is 14.2 Å². The maximum atomic E-state index is 13.1.